The first-order valence-electron chi connectivity index (χ1n) is 7.32. The Hall–Kier alpha value is -2.08. The molecule has 22 heavy (non-hydrogen) atoms. The van der Waals surface area contributed by atoms with Crippen molar-refractivity contribution in [2.24, 2.45) is 5.41 Å². The lowest BCUT2D eigenvalue weighted by molar-refractivity contribution is -0.121. The highest BCUT2D eigenvalue weighted by atomic mass is 16.4. The highest BCUT2D eigenvalue weighted by molar-refractivity contribution is 5.79. The summed E-state index contributed by atoms with van der Waals surface area (Å²) in [5.74, 6) is -0.833. The molecule has 0 saturated heterocycles. The van der Waals surface area contributed by atoms with E-state index in [0.29, 0.717) is 24.1 Å². The average molecular weight is 306 g/mol. The number of carbonyl (C=O) groups excluding carboxylic acids is 1. The first-order chi connectivity index (χ1) is 10.3. The molecule has 1 amide bonds. The van der Waals surface area contributed by atoms with Crippen LogP contribution < -0.4 is 11.1 Å². The molecule has 1 heterocycles. The zero-order valence-electron chi connectivity index (χ0n) is 13.1. The standard InChI is InChI=1S/C16H22N2O4/c1-16(2,3)13(19)8-9-17-14(20)10-18-11-6-4-5-7-12(11)22-15(18)21/h4-7,13,19H,8-10H2,1-3H3,(H,17,20). The first-order valence-corrected chi connectivity index (χ1v) is 7.32. The highest BCUT2D eigenvalue weighted by Crippen LogP contribution is 2.20. The third-order valence-electron chi connectivity index (χ3n) is 3.62. The molecule has 1 aromatic carbocycles. The van der Waals surface area contributed by atoms with Crippen LogP contribution >= 0.6 is 0 Å². The molecule has 2 N–H and O–H groups in total. The lowest BCUT2D eigenvalue weighted by Crippen LogP contribution is -2.35. The lowest BCUT2D eigenvalue weighted by Gasteiger charge is -2.25. The Balaban J connectivity index is 1.95. The van der Waals surface area contributed by atoms with Crippen LogP contribution in [0.1, 0.15) is 27.2 Å². The molecule has 1 unspecified atom stereocenters. The van der Waals surface area contributed by atoms with Gasteiger partial charge in [-0.25, -0.2) is 4.79 Å². The van der Waals surface area contributed by atoms with Crippen LogP contribution in [0.4, 0.5) is 0 Å². The number of nitrogens with one attached hydrogen (secondary N) is 1. The molecule has 0 fully saturated rings. The molecule has 0 radical (unpaired) electrons. The van der Waals surface area contributed by atoms with E-state index in [1.54, 1.807) is 24.3 Å². The van der Waals surface area contributed by atoms with Gasteiger partial charge in [-0.1, -0.05) is 32.9 Å². The smallest absolute Gasteiger partial charge is 0.408 e. The Morgan fingerprint density at radius 1 is 1.36 bits per heavy atom. The molecule has 6 heteroatoms. The van der Waals surface area contributed by atoms with Gasteiger partial charge >= 0.3 is 5.76 Å². The summed E-state index contributed by atoms with van der Waals surface area (Å²) < 4.78 is 6.37. The number of hydrogen-bond acceptors (Lipinski definition) is 4. The highest BCUT2D eigenvalue weighted by Gasteiger charge is 2.21. The minimum absolute atomic E-state index is 0.0958. The topological polar surface area (TPSA) is 84.5 Å². The van der Waals surface area contributed by atoms with Gasteiger partial charge in [0, 0.05) is 6.54 Å². The number of rotatable bonds is 5. The van der Waals surface area contributed by atoms with E-state index in [4.69, 9.17) is 4.42 Å². The SMILES string of the molecule is CC(C)(C)C(O)CCNC(=O)Cn1c(=O)oc2ccccc21. The van der Waals surface area contributed by atoms with Crippen LogP contribution in [0.15, 0.2) is 33.5 Å². The largest absolute Gasteiger partial charge is 0.420 e. The van der Waals surface area contributed by atoms with Crippen LogP contribution in [0.3, 0.4) is 0 Å². The van der Waals surface area contributed by atoms with Crippen molar-refractivity contribution in [1.29, 1.82) is 0 Å². The zero-order valence-corrected chi connectivity index (χ0v) is 13.1. The van der Waals surface area contributed by atoms with Gasteiger partial charge < -0.3 is 14.8 Å². The number of para-hydroxylation sites is 2. The quantitative estimate of drug-likeness (QED) is 0.877. The minimum Gasteiger partial charge on any atom is -0.408 e. The van der Waals surface area contributed by atoms with Crippen molar-refractivity contribution in [2.45, 2.75) is 39.8 Å². The predicted molar refractivity (Wildman–Crippen MR) is 83.6 cm³/mol. The molecule has 0 aliphatic heterocycles. The van der Waals surface area contributed by atoms with E-state index < -0.39 is 11.9 Å². The van der Waals surface area contributed by atoms with E-state index in [-0.39, 0.29) is 17.9 Å². The summed E-state index contributed by atoms with van der Waals surface area (Å²) in [6.07, 6.45) is -0.0266. The van der Waals surface area contributed by atoms with Crippen LogP contribution in [0.5, 0.6) is 0 Å². The van der Waals surface area contributed by atoms with E-state index in [1.807, 2.05) is 20.8 Å². The predicted octanol–water partition coefficient (Wildman–Crippen LogP) is 1.51. The van der Waals surface area contributed by atoms with Gasteiger partial charge in [0.05, 0.1) is 11.6 Å². The van der Waals surface area contributed by atoms with Gasteiger partial charge in [-0.15, -0.1) is 0 Å². The second-order valence-corrected chi connectivity index (χ2v) is 6.44. The molecule has 1 atom stereocenters. The van der Waals surface area contributed by atoms with Crippen molar-refractivity contribution in [3.05, 3.63) is 34.8 Å². The van der Waals surface area contributed by atoms with Gasteiger partial charge in [0.25, 0.3) is 0 Å². The average Bonchev–Trinajstić information content (AvgIpc) is 2.74. The third-order valence-corrected chi connectivity index (χ3v) is 3.62. The number of carbonyl (C=O) groups is 1. The number of aliphatic hydroxyl groups is 1. The number of benzene rings is 1. The summed E-state index contributed by atoms with van der Waals surface area (Å²) in [4.78, 5) is 23.7. The number of amides is 1. The van der Waals surface area contributed by atoms with E-state index >= 15 is 0 Å². The molecule has 0 aliphatic carbocycles. The zero-order chi connectivity index (χ0) is 16.3. The fourth-order valence-corrected chi connectivity index (χ4v) is 2.14. The summed E-state index contributed by atoms with van der Waals surface area (Å²) in [6, 6.07) is 6.97. The van der Waals surface area contributed by atoms with Gasteiger partial charge in [-0.3, -0.25) is 9.36 Å². The van der Waals surface area contributed by atoms with Crippen LogP contribution in [-0.2, 0) is 11.3 Å². The van der Waals surface area contributed by atoms with Crippen molar-refractivity contribution in [1.82, 2.24) is 9.88 Å². The van der Waals surface area contributed by atoms with Gasteiger partial charge in [0.15, 0.2) is 5.58 Å². The molecule has 2 aromatic rings. The number of oxazole rings is 1. The first kappa shape index (κ1) is 16.3. The Labute approximate surface area is 128 Å². The second-order valence-electron chi connectivity index (χ2n) is 6.44. The van der Waals surface area contributed by atoms with Gasteiger partial charge in [-0.05, 0) is 24.0 Å². The van der Waals surface area contributed by atoms with Crippen molar-refractivity contribution >= 4 is 17.0 Å². The molecule has 6 nitrogen and oxygen atoms in total. The number of fused-ring (bicyclic) bond motifs is 1. The fourth-order valence-electron chi connectivity index (χ4n) is 2.14. The maximum Gasteiger partial charge on any atom is 0.420 e. The summed E-state index contributed by atoms with van der Waals surface area (Å²) in [5.41, 5.74) is 0.837. The molecule has 0 spiro atoms. The van der Waals surface area contributed by atoms with E-state index in [2.05, 4.69) is 5.32 Å². The molecule has 0 aliphatic rings. The van der Waals surface area contributed by atoms with E-state index in [1.165, 1.54) is 4.57 Å². The Kier molecular flexibility index (Phi) is 4.71. The molecular weight excluding hydrogens is 284 g/mol. The third kappa shape index (κ3) is 3.76. The lowest BCUT2D eigenvalue weighted by atomic mass is 9.87. The van der Waals surface area contributed by atoms with Crippen molar-refractivity contribution in [3.8, 4) is 0 Å². The minimum atomic E-state index is -0.550. The molecule has 0 saturated carbocycles. The van der Waals surface area contributed by atoms with Crippen molar-refractivity contribution in [2.75, 3.05) is 6.54 Å². The van der Waals surface area contributed by atoms with Crippen LogP contribution in [0.25, 0.3) is 11.1 Å². The van der Waals surface area contributed by atoms with Crippen LogP contribution in [0, 0.1) is 5.41 Å². The van der Waals surface area contributed by atoms with Gasteiger partial charge in [0.2, 0.25) is 5.91 Å². The van der Waals surface area contributed by atoms with Crippen LogP contribution in [-0.4, -0.2) is 28.2 Å². The summed E-state index contributed by atoms with van der Waals surface area (Å²) in [5, 5.41) is 12.6. The number of hydrogen-bond donors (Lipinski definition) is 2. The summed E-state index contributed by atoms with van der Waals surface area (Å²) in [7, 11) is 0. The molecule has 1 aromatic heterocycles. The Morgan fingerprint density at radius 3 is 2.73 bits per heavy atom. The van der Waals surface area contributed by atoms with Crippen molar-refractivity contribution in [3.63, 3.8) is 0 Å². The van der Waals surface area contributed by atoms with Gasteiger partial charge in [-0.2, -0.15) is 0 Å². The second kappa shape index (κ2) is 6.36. The molecule has 2 rings (SSSR count). The van der Waals surface area contributed by atoms with Crippen LogP contribution in [0.2, 0.25) is 0 Å². The van der Waals surface area contributed by atoms with E-state index in [9.17, 15) is 14.7 Å². The Morgan fingerprint density at radius 2 is 2.05 bits per heavy atom. The maximum absolute atomic E-state index is 11.9. The number of aromatic nitrogens is 1. The normalized spacial score (nSPS) is 13.3. The van der Waals surface area contributed by atoms with Gasteiger partial charge in [0.1, 0.15) is 6.54 Å². The van der Waals surface area contributed by atoms with E-state index in [0.717, 1.165) is 0 Å². The number of aliphatic hydroxyl groups excluding tert-OH is 1. The summed E-state index contributed by atoms with van der Waals surface area (Å²) in [6.45, 7) is 6.09. The Bertz CT molecular complexity index is 709. The molecule has 120 valence electrons. The molecule has 0 bridgehead atoms. The van der Waals surface area contributed by atoms with Crippen molar-refractivity contribution < 1.29 is 14.3 Å². The number of nitrogens with zero attached hydrogens (tertiary/aromatic N) is 1. The molecular formula is C16H22N2O4. The summed E-state index contributed by atoms with van der Waals surface area (Å²) >= 11 is 0. The maximum atomic E-state index is 11.9. The fraction of sp³-hybridized carbons (Fsp3) is 0.500. The monoisotopic (exact) mass is 306 g/mol.